The highest BCUT2D eigenvalue weighted by Crippen LogP contribution is 2.22. The molecule has 1 N–H and O–H groups in total. The smallest absolute Gasteiger partial charge is 0.482 e. The summed E-state index contributed by atoms with van der Waals surface area (Å²) < 4.78 is 6.50. The van der Waals surface area contributed by atoms with Crippen molar-refractivity contribution in [3.63, 3.8) is 0 Å². The van der Waals surface area contributed by atoms with Gasteiger partial charge in [-0.15, -0.1) is 0 Å². The first-order valence-electron chi connectivity index (χ1n) is 6.69. The molecule has 2 rings (SSSR count). The summed E-state index contributed by atoms with van der Waals surface area (Å²) in [7, 11) is 0. The number of ether oxygens (including phenoxy) is 1. The molecule has 24 heavy (non-hydrogen) atoms. The molecule has 2 aromatic rings. The van der Waals surface area contributed by atoms with Gasteiger partial charge in [0.15, 0.2) is 6.61 Å². The molecule has 1 heterocycles. The Balaban J connectivity index is 1.81. The van der Waals surface area contributed by atoms with Gasteiger partial charge in [-0.05, 0) is 24.0 Å². The van der Waals surface area contributed by atoms with Crippen LogP contribution in [0, 0.1) is 10.1 Å². The Labute approximate surface area is 141 Å². The highest BCUT2D eigenvalue weighted by Gasteiger charge is 2.13. The van der Waals surface area contributed by atoms with Crippen molar-refractivity contribution in [3.05, 3.63) is 45.7 Å². The molecule has 1 amide bonds. The summed E-state index contributed by atoms with van der Waals surface area (Å²) in [4.78, 5) is 25.0. The number of rotatable bonds is 7. The number of amides is 1. The van der Waals surface area contributed by atoms with E-state index >= 15 is 0 Å². The molecule has 0 radical (unpaired) electrons. The molecular formula is C13H13ClN6O4. The fourth-order valence-electron chi connectivity index (χ4n) is 1.61. The molecule has 0 atom stereocenters. The highest BCUT2D eigenvalue weighted by atomic mass is 35.5. The third-order valence-corrected chi connectivity index (χ3v) is 2.96. The van der Waals surface area contributed by atoms with E-state index in [1.807, 2.05) is 0 Å². The van der Waals surface area contributed by atoms with Crippen LogP contribution in [0.3, 0.4) is 0 Å². The van der Waals surface area contributed by atoms with Gasteiger partial charge in [0.1, 0.15) is 5.75 Å². The van der Waals surface area contributed by atoms with Gasteiger partial charge in [0.25, 0.3) is 5.91 Å². The van der Waals surface area contributed by atoms with Crippen LogP contribution in [0.2, 0.25) is 5.02 Å². The van der Waals surface area contributed by atoms with E-state index in [4.69, 9.17) is 16.3 Å². The van der Waals surface area contributed by atoms with Gasteiger partial charge in [-0.3, -0.25) is 4.79 Å². The van der Waals surface area contributed by atoms with E-state index in [-0.39, 0.29) is 13.2 Å². The minimum Gasteiger partial charge on any atom is -0.482 e. The topological polar surface area (TPSA) is 125 Å². The van der Waals surface area contributed by atoms with Crippen LogP contribution < -0.4 is 10.2 Å². The molecule has 0 aliphatic rings. The SMILES string of the molecule is C/C(Cn1cnc([N+](=O)[O-])n1)=N/NC(=O)COc1ccccc1Cl. The first-order chi connectivity index (χ1) is 11.5. The third kappa shape index (κ3) is 5.02. The zero-order valence-corrected chi connectivity index (χ0v) is 13.3. The van der Waals surface area contributed by atoms with Crippen LogP contribution in [0.5, 0.6) is 5.75 Å². The van der Waals surface area contributed by atoms with Gasteiger partial charge in [0.05, 0.1) is 17.3 Å². The van der Waals surface area contributed by atoms with Crippen molar-refractivity contribution in [2.45, 2.75) is 13.5 Å². The van der Waals surface area contributed by atoms with Crippen LogP contribution in [0.4, 0.5) is 5.95 Å². The second kappa shape index (κ2) is 8.02. The van der Waals surface area contributed by atoms with Gasteiger partial charge in [0, 0.05) is 5.10 Å². The maximum Gasteiger partial charge on any atom is 0.490 e. The number of carbonyl (C=O) groups excluding carboxylic acids is 1. The van der Waals surface area contributed by atoms with Crippen LogP contribution >= 0.6 is 11.6 Å². The van der Waals surface area contributed by atoms with Gasteiger partial charge < -0.3 is 14.9 Å². The second-order valence-electron chi connectivity index (χ2n) is 4.60. The van der Waals surface area contributed by atoms with Crippen LogP contribution in [-0.2, 0) is 11.3 Å². The van der Waals surface area contributed by atoms with Gasteiger partial charge in [-0.2, -0.15) is 9.78 Å². The van der Waals surface area contributed by atoms with E-state index in [1.54, 1.807) is 31.2 Å². The van der Waals surface area contributed by atoms with Gasteiger partial charge >= 0.3 is 5.95 Å². The Morgan fingerprint density at radius 2 is 2.25 bits per heavy atom. The summed E-state index contributed by atoms with van der Waals surface area (Å²) in [6.07, 6.45) is 1.21. The highest BCUT2D eigenvalue weighted by molar-refractivity contribution is 6.32. The lowest BCUT2D eigenvalue weighted by Gasteiger charge is -2.06. The van der Waals surface area contributed by atoms with E-state index in [2.05, 4.69) is 20.6 Å². The second-order valence-corrected chi connectivity index (χ2v) is 5.01. The van der Waals surface area contributed by atoms with E-state index in [0.29, 0.717) is 16.5 Å². The molecule has 0 saturated carbocycles. The molecule has 0 saturated heterocycles. The lowest BCUT2D eigenvalue weighted by molar-refractivity contribution is -0.394. The van der Waals surface area contributed by atoms with Crippen LogP contribution in [0.25, 0.3) is 0 Å². The maximum atomic E-state index is 11.7. The molecule has 0 aliphatic heterocycles. The number of nitrogens with one attached hydrogen (secondary N) is 1. The molecule has 10 nitrogen and oxygen atoms in total. The number of halogens is 1. The Hall–Kier alpha value is -3.01. The quantitative estimate of drug-likeness (QED) is 0.456. The zero-order valence-electron chi connectivity index (χ0n) is 12.5. The third-order valence-electron chi connectivity index (χ3n) is 2.65. The van der Waals surface area contributed by atoms with Crippen molar-refractivity contribution in [1.29, 1.82) is 0 Å². The number of carbonyl (C=O) groups is 1. The maximum absolute atomic E-state index is 11.7. The summed E-state index contributed by atoms with van der Waals surface area (Å²) in [5, 5.41) is 18.4. The number of nitrogens with zero attached hydrogens (tertiary/aromatic N) is 5. The van der Waals surface area contributed by atoms with Crippen molar-refractivity contribution in [2.24, 2.45) is 5.10 Å². The Morgan fingerprint density at radius 1 is 1.50 bits per heavy atom. The number of hydrogen-bond donors (Lipinski definition) is 1. The predicted molar refractivity (Wildman–Crippen MR) is 84.9 cm³/mol. The van der Waals surface area contributed by atoms with Crippen LogP contribution in [0.15, 0.2) is 35.7 Å². The van der Waals surface area contributed by atoms with Crippen molar-refractivity contribution in [1.82, 2.24) is 20.2 Å². The molecule has 11 heteroatoms. The molecular weight excluding hydrogens is 340 g/mol. The number of hydrazone groups is 1. The molecule has 0 aliphatic carbocycles. The molecule has 0 bridgehead atoms. The standard InChI is InChI=1S/C13H13ClN6O4/c1-9(6-19-8-15-13(18-19)20(22)23)16-17-12(21)7-24-11-5-3-2-4-10(11)14/h2-5,8H,6-7H2,1H3,(H,17,21)/b16-9-. The molecule has 0 fully saturated rings. The van der Waals surface area contributed by atoms with E-state index < -0.39 is 16.8 Å². The number of nitro groups is 1. The van der Waals surface area contributed by atoms with Gasteiger partial charge in [0.2, 0.25) is 6.33 Å². The van der Waals surface area contributed by atoms with Crippen LogP contribution in [0.1, 0.15) is 6.92 Å². The van der Waals surface area contributed by atoms with Crippen molar-refractivity contribution in [2.75, 3.05) is 6.61 Å². The van der Waals surface area contributed by atoms with Crippen molar-refractivity contribution < 1.29 is 14.5 Å². The average Bonchev–Trinajstić information content (AvgIpc) is 3.01. The Bertz CT molecular complexity index is 775. The summed E-state index contributed by atoms with van der Waals surface area (Å²) in [5.41, 5.74) is 2.78. The number of para-hydroxylation sites is 1. The lowest BCUT2D eigenvalue weighted by Crippen LogP contribution is -2.26. The average molecular weight is 353 g/mol. The molecule has 0 unspecified atom stereocenters. The molecule has 126 valence electrons. The normalized spacial score (nSPS) is 11.2. The van der Waals surface area contributed by atoms with E-state index in [0.717, 1.165) is 0 Å². The summed E-state index contributed by atoms with van der Waals surface area (Å²) in [6.45, 7) is 1.52. The van der Waals surface area contributed by atoms with Gasteiger partial charge in [-0.1, -0.05) is 28.7 Å². The molecule has 1 aromatic heterocycles. The number of benzene rings is 1. The summed E-state index contributed by atoms with van der Waals surface area (Å²) in [5.74, 6) is -0.580. The Kier molecular flexibility index (Phi) is 5.79. The minimum absolute atomic E-state index is 0.145. The number of hydrogen-bond acceptors (Lipinski definition) is 7. The van der Waals surface area contributed by atoms with Crippen LogP contribution in [-0.4, -0.2) is 37.9 Å². The minimum atomic E-state index is -0.698. The zero-order chi connectivity index (χ0) is 17.5. The number of aromatic nitrogens is 3. The van der Waals surface area contributed by atoms with Crippen molar-refractivity contribution in [3.8, 4) is 5.75 Å². The lowest BCUT2D eigenvalue weighted by atomic mass is 10.3. The predicted octanol–water partition coefficient (Wildman–Crippen LogP) is 1.41. The first-order valence-corrected chi connectivity index (χ1v) is 7.06. The molecule has 0 spiro atoms. The fraction of sp³-hybridized carbons (Fsp3) is 0.231. The van der Waals surface area contributed by atoms with E-state index in [1.165, 1.54) is 11.0 Å². The van der Waals surface area contributed by atoms with Crippen molar-refractivity contribution >= 4 is 29.2 Å². The largest absolute Gasteiger partial charge is 0.490 e. The van der Waals surface area contributed by atoms with Gasteiger partial charge in [-0.25, -0.2) is 5.43 Å². The fourth-order valence-corrected chi connectivity index (χ4v) is 1.80. The summed E-state index contributed by atoms with van der Waals surface area (Å²) >= 11 is 5.90. The Morgan fingerprint density at radius 3 is 2.92 bits per heavy atom. The first kappa shape index (κ1) is 17.3. The molecule has 1 aromatic carbocycles. The summed E-state index contributed by atoms with van der Waals surface area (Å²) in [6, 6.07) is 6.77. The van der Waals surface area contributed by atoms with E-state index in [9.17, 15) is 14.9 Å². The monoisotopic (exact) mass is 352 g/mol.